The first-order valence-corrected chi connectivity index (χ1v) is 8.70. The van der Waals surface area contributed by atoms with Crippen LogP contribution in [-0.4, -0.2) is 46.6 Å². The second-order valence-electron chi connectivity index (χ2n) is 4.43. The van der Waals surface area contributed by atoms with Crippen LogP contribution in [0.5, 0.6) is 0 Å². The van der Waals surface area contributed by atoms with Gasteiger partial charge in [-0.25, -0.2) is 8.42 Å². The minimum atomic E-state index is -3.70. The van der Waals surface area contributed by atoms with Crippen molar-refractivity contribution in [1.82, 2.24) is 9.62 Å². The quantitative estimate of drug-likeness (QED) is 0.728. The van der Waals surface area contributed by atoms with Gasteiger partial charge in [-0.3, -0.25) is 0 Å². The van der Waals surface area contributed by atoms with Gasteiger partial charge in [0.25, 0.3) is 0 Å². The van der Waals surface area contributed by atoms with Crippen LogP contribution >= 0.6 is 23.2 Å². The van der Waals surface area contributed by atoms with E-state index in [4.69, 9.17) is 27.9 Å². The Morgan fingerprint density at radius 3 is 2.57 bits per heavy atom. The zero-order chi connectivity index (χ0) is 16.0. The Balaban J connectivity index is 3.12. The van der Waals surface area contributed by atoms with E-state index in [1.54, 1.807) is 13.1 Å². The molecule has 1 rings (SSSR count). The maximum atomic E-state index is 12.6. The molecule has 0 atom stereocenters. The van der Waals surface area contributed by atoms with E-state index in [-0.39, 0.29) is 16.5 Å². The van der Waals surface area contributed by atoms with Gasteiger partial charge in [0.1, 0.15) is 4.90 Å². The summed E-state index contributed by atoms with van der Waals surface area (Å²) in [6, 6.07) is 3.02. The number of nitrogens with one attached hydrogen (secondary N) is 1. The first kappa shape index (κ1) is 18.7. The first-order valence-electron chi connectivity index (χ1n) is 6.51. The van der Waals surface area contributed by atoms with Crippen LogP contribution in [0.15, 0.2) is 17.0 Å². The molecule has 0 heterocycles. The number of rotatable bonds is 8. The number of nitrogens with zero attached hydrogens (tertiary/aromatic N) is 1. The number of likely N-dealkylation sites (N-methyl/N-ethyl adjacent to an activating group) is 1. The lowest BCUT2D eigenvalue weighted by Gasteiger charge is -2.19. The second kappa shape index (κ2) is 8.31. The van der Waals surface area contributed by atoms with Crippen molar-refractivity contribution >= 4 is 33.2 Å². The summed E-state index contributed by atoms with van der Waals surface area (Å²) in [6.45, 7) is 3.41. The molecule has 0 aliphatic carbocycles. The Hall–Kier alpha value is -0.370. The predicted molar refractivity (Wildman–Crippen MR) is 85.5 cm³/mol. The van der Waals surface area contributed by atoms with E-state index in [0.717, 1.165) is 0 Å². The third-order valence-corrected chi connectivity index (χ3v) is 5.55. The van der Waals surface area contributed by atoms with E-state index in [1.807, 2.05) is 6.92 Å². The van der Waals surface area contributed by atoms with E-state index in [9.17, 15) is 8.42 Å². The van der Waals surface area contributed by atoms with Crippen molar-refractivity contribution in [3.63, 3.8) is 0 Å². The highest BCUT2D eigenvalue weighted by atomic mass is 35.5. The molecule has 0 aliphatic heterocycles. The van der Waals surface area contributed by atoms with Crippen LogP contribution in [-0.2, 0) is 21.3 Å². The normalized spacial score (nSPS) is 12.1. The largest absolute Gasteiger partial charge is 0.380 e. The van der Waals surface area contributed by atoms with Crippen LogP contribution in [0.1, 0.15) is 12.5 Å². The fraction of sp³-hybridized carbons (Fsp3) is 0.538. The lowest BCUT2D eigenvalue weighted by Crippen LogP contribution is -2.30. The molecule has 0 radical (unpaired) electrons. The summed E-state index contributed by atoms with van der Waals surface area (Å²) in [7, 11) is -0.465. The molecule has 0 saturated carbocycles. The molecule has 0 unspecified atom stereocenters. The van der Waals surface area contributed by atoms with Crippen molar-refractivity contribution < 1.29 is 13.2 Å². The second-order valence-corrected chi connectivity index (χ2v) is 7.26. The summed E-state index contributed by atoms with van der Waals surface area (Å²) >= 11 is 12.2. The van der Waals surface area contributed by atoms with Crippen molar-refractivity contribution in [2.45, 2.75) is 18.4 Å². The zero-order valence-corrected chi connectivity index (χ0v) is 14.6. The molecule has 0 aliphatic rings. The van der Waals surface area contributed by atoms with Crippen LogP contribution in [0.2, 0.25) is 10.0 Å². The molecular formula is C13H20Cl2N2O3S. The van der Waals surface area contributed by atoms with Gasteiger partial charge in [-0.15, -0.1) is 0 Å². The maximum Gasteiger partial charge on any atom is 0.244 e. The van der Waals surface area contributed by atoms with Gasteiger partial charge in [0.2, 0.25) is 10.0 Å². The molecule has 21 heavy (non-hydrogen) atoms. The molecule has 0 bridgehead atoms. The van der Waals surface area contributed by atoms with Crippen LogP contribution in [0.4, 0.5) is 0 Å². The topological polar surface area (TPSA) is 58.6 Å². The zero-order valence-electron chi connectivity index (χ0n) is 12.3. The predicted octanol–water partition coefficient (Wildman–Crippen LogP) is 2.37. The van der Waals surface area contributed by atoms with Gasteiger partial charge in [0, 0.05) is 31.8 Å². The van der Waals surface area contributed by atoms with Crippen molar-refractivity contribution in [3.05, 3.63) is 27.7 Å². The Labute approximate surface area is 136 Å². The fourth-order valence-corrected chi connectivity index (χ4v) is 3.81. The number of ether oxygens (including phenoxy) is 1. The molecule has 8 heteroatoms. The molecule has 0 amide bonds. The fourth-order valence-electron chi connectivity index (χ4n) is 1.75. The van der Waals surface area contributed by atoms with Gasteiger partial charge in [-0.1, -0.05) is 23.2 Å². The van der Waals surface area contributed by atoms with Crippen LogP contribution in [0, 0.1) is 0 Å². The van der Waals surface area contributed by atoms with Gasteiger partial charge in [-0.05, 0) is 31.7 Å². The van der Waals surface area contributed by atoms with Crippen LogP contribution in [0.3, 0.4) is 0 Å². The third-order valence-electron chi connectivity index (χ3n) is 2.89. The Morgan fingerprint density at radius 2 is 2.00 bits per heavy atom. The first-order chi connectivity index (χ1) is 9.84. The average molecular weight is 355 g/mol. The monoisotopic (exact) mass is 354 g/mol. The Morgan fingerprint density at radius 1 is 1.33 bits per heavy atom. The van der Waals surface area contributed by atoms with Gasteiger partial charge < -0.3 is 10.1 Å². The number of halogens is 2. The molecule has 120 valence electrons. The Bertz CT molecular complexity index is 579. The minimum Gasteiger partial charge on any atom is -0.380 e. The van der Waals surface area contributed by atoms with Gasteiger partial charge in [0.05, 0.1) is 11.6 Å². The van der Waals surface area contributed by atoms with Crippen molar-refractivity contribution in [2.24, 2.45) is 0 Å². The van der Waals surface area contributed by atoms with E-state index in [0.29, 0.717) is 30.3 Å². The Kier molecular flexibility index (Phi) is 7.39. The minimum absolute atomic E-state index is 0.0147. The maximum absolute atomic E-state index is 12.6. The van der Waals surface area contributed by atoms with Crippen molar-refractivity contribution in [2.75, 3.05) is 33.9 Å². The molecule has 1 aromatic rings. The van der Waals surface area contributed by atoms with E-state index >= 15 is 0 Å². The standard InChI is InChI=1S/C13H20Cl2N2O3S/c1-4-20-6-5-17(3)21(18,19)12-8-11(14)7-10(9-16-2)13(12)15/h7-8,16H,4-6,9H2,1-3H3. The highest BCUT2D eigenvalue weighted by Crippen LogP contribution is 2.31. The van der Waals surface area contributed by atoms with Crippen molar-refractivity contribution in [3.8, 4) is 0 Å². The number of benzene rings is 1. The molecule has 5 nitrogen and oxygen atoms in total. The number of sulfonamides is 1. The van der Waals surface area contributed by atoms with E-state index in [1.165, 1.54) is 17.4 Å². The lowest BCUT2D eigenvalue weighted by molar-refractivity contribution is 0.138. The molecule has 0 saturated heterocycles. The van der Waals surface area contributed by atoms with E-state index in [2.05, 4.69) is 5.32 Å². The molecule has 0 aromatic heterocycles. The SMILES string of the molecule is CCOCCN(C)S(=O)(=O)c1cc(Cl)cc(CNC)c1Cl. The van der Waals surface area contributed by atoms with Gasteiger partial charge >= 0.3 is 0 Å². The lowest BCUT2D eigenvalue weighted by atomic mass is 10.2. The van der Waals surface area contributed by atoms with Gasteiger partial charge in [0.15, 0.2) is 0 Å². The number of hydrogen-bond donors (Lipinski definition) is 1. The average Bonchev–Trinajstić information content (AvgIpc) is 2.42. The third kappa shape index (κ3) is 4.81. The summed E-state index contributed by atoms with van der Waals surface area (Å²) in [4.78, 5) is 0.0147. The molecular weight excluding hydrogens is 335 g/mol. The molecule has 0 fully saturated rings. The summed E-state index contributed by atoms with van der Waals surface area (Å²) in [5, 5.41) is 3.46. The summed E-state index contributed by atoms with van der Waals surface area (Å²) in [6.07, 6.45) is 0. The van der Waals surface area contributed by atoms with E-state index < -0.39 is 10.0 Å². The smallest absolute Gasteiger partial charge is 0.244 e. The summed E-state index contributed by atoms with van der Waals surface area (Å²) in [5.41, 5.74) is 0.642. The molecule has 1 N–H and O–H groups in total. The van der Waals surface area contributed by atoms with Crippen molar-refractivity contribution in [1.29, 1.82) is 0 Å². The van der Waals surface area contributed by atoms with Crippen LogP contribution < -0.4 is 5.32 Å². The number of hydrogen-bond acceptors (Lipinski definition) is 4. The summed E-state index contributed by atoms with van der Waals surface area (Å²) in [5.74, 6) is 0. The van der Waals surface area contributed by atoms with Gasteiger partial charge in [-0.2, -0.15) is 4.31 Å². The summed E-state index contributed by atoms with van der Waals surface area (Å²) < 4.78 is 31.5. The highest BCUT2D eigenvalue weighted by molar-refractivity contribution is 7.89. The molecule has 1 aromatic carbocycles. The van der Waals surface area contributed by atoms with Crippen LogP contribution in [0.25, 0.3) is 0 Å². The molecule has 0 spiro atoms. The highest BCUT2D eigenvalue weighted by Gasteiger charge is 2.25.